The number of benzene rings is 8. The molecule has 0 spiro atoms. The lowest BCUT2D eigenvalue weighted by atomic mass is 9.67. The largest absolute Gasteiger partial charge is 0.264 e. The topological polar surface area (TPSA) is 38.7 Å². The molecule has 8 aromatic carbocycles. The maximum atomic E-state index is 5.09. The third-order valence-corrected chi connectivity index (χ3v) is 12.1. The molecule has 3 heteroatoms. The summed E-state index contributed by atoms with van der Waals surface area (Å²) < 4.78 is 0. The second-order valence-electron chi connectivity index (χ2n) is 15.6. The second-order valence-corrected chi connectivity index (χ2v) is 15.6. The number of aromatic nitrogens is 3. The Hall–Kier alpha value is -8.01. The van der Waals surface area contributed by atoms with Crippen LogP contribution in [0, 0.1) is 0 Å². The van der Waals surface area contributed by atoms with Crippen LogP contribution in [0.4, 0.5) is 0 Å². The van der Waals surface area contributed by atoms with Crippen LogP contribution >= 0.6 is 0 Å². The molecule has 0 unspecified atom stereocenters. The molecule has 61 heavy (non-hydrogen) atoms. The van der Waals surface area contributed by atoms with Gasteiger partial charge in [0, 0.05) is 29.1 Å². The lowest BCUT2D eigenvalue weighted by Gasteiger charge is -2.34. The Morgan fingerprint density at radius 2 is 0.770 bits per heavy atom. The highest BCUT2D eigenvalue weighted by Gasteiger charge is 2.46. The lowest BCUT2D eigenvalue weighted by molar-refractivity contribution is 0.768. The van der Waals surface area contributed by atoms with E-state index in [0.717, 1.165) is 50.3 Å². The van der Waals surface area contributed by atoms with Crippen molar-refractivity contribution in [2.45, 2.75) is 5.41 Å². The van der Waals surface area contributed by atoms with Gasteiger partial charge in [-0.1, -0.05) is 212 Å². The Morgan fingerprint density at radius 3 is 1.34 bits per heavy atom. The number of fused-ring (bicyclic) bond motifs is 3. The van der Waals surface area contributed by atoms with Crippen LogP contribution in [0.5, 0.6) is 0 Å². The van der Waals surface area contributed by atoms with Crippen molar-refractivity contribution in [3.63, 3.8) is 0 Å². The van der Waals surface area contributed by atoms with E-state index in [9.17, 15) is 0 Å². The van der Waals surface area contributed by atoms with E-state index in [1.165, 1.54) is 44.5 Å². The summed E-state index contributed by atoms with van der Waals surface area (Å²) >= 11 is 0. The van der Waals surface area contributed by atoms with Gasteiger partial charge < -0.3 is 0 Å². The normalized spacial score (nSPS) is 12.4. The van der Waals surface area contributed by atoms with Gasteiger partial charge in [-0.15, -0.1) is 0 Å². The van der Waals surface area contributed by atoms with Gasteiger partial charge in [0.25, 0.3) is 0 Å². The molecule has 0 saturated heterocycles. The van der Waals surface area contributed by atoms with Gasteiger partial charge in [0.15, 0.2) is 5.82 Å². The summed E-state index contributed by atoms with van der Waals surface area (Å²) in [6.45, 7) is 0. The SMILES string of the molecule is c1ccc(-c2nc(-c3ccc(-c4ccc(-c5cccc6c5-c5ccccc5C6(c5ccccc5)c5ccccc5)cc4)cc3)cc(-c3ccc(-c4cccnc4)cc3)n2)cc1. The summed E-state index contributed by atoms with van der Waals surface area (Å²) in [5.41, 5.74) is 19.1. The van der Waals surface area contributed by atoms with E-state index in [4.69, 9.17) is 9.97 Å². The lowest BCUT2D eigenvalue weighted by Crippen LogP contribution is -2.28. The van der Waals surface area contributed by atoms with E-state index in [0.29, 0.717) is 5.82 Å². The summed E-state index contributed by atoms with van der Waals surface area (Å²) in [4.78, 5) is 14.4. The predicted octanol–water partition coefficient (Wildman–Crippen LogP) is 14.2. The Labute approximate surface area is 356 Å². The van der Waals surface area contributed by atoms with Crippen LogP contribution < -0.4 is 0 Å². The van der Waals surface area contributed by atoms with Crippen LogP contribution in [0.25, 0.3) is 78.4 Å². The first-order chi connectivity index (χ1) is 30.2. The van der Waals surface area contributed by atoms with Crippen molar-refractivity contribution in [3.8, 4) is 78.4 Å². The number of hydrogen-bond acceptors (Lipinski definition) is 3. The first-order valence-electron chi connectivity index (χ1n) is 20.7. The number of rotatable bonds is 8. The molecule has 0 saturated carbocycles. The van der Waals surface area contributed by atoms with Crippen LogP contribution in [0.2, 0.25) is 0 Å². The van der Waals surface area contributed by atoms with Crippen molar-refractivity contribution in [1.29, 1.82) is 0 Å². The first kappa shape index (κ1) is 36.1. The molecular weight excluding hydrogens is 739 g/mol. The van der Waals surface area contributed by atoms with E-state index >= 15 is 0 Å². The third-order valence-electron chi connectivity index (χ3n) is 12.1. The molecule has 11 rings (SSSR count). The van der Waals surface area contributed by atoms with Crippen molar-refractivity contribution in [2.75, 3.05) is 0 Å². The first-order valence-corrected chi connectivity index (χ1v) is 20.7. The molecule has 0 bridgehead atoms. The minimum atomic E-state index is -0.427. The molecule has 3 nitrogen and oxygen atoms in total. The third kappa shape index (κ3) is 6.35. The summed E-state index contributed by atoms with van der Waals surface area (Å²) in [6.07, 6.45) is 3.68. The average Bonchev–Trinajstić information content (AvgIpc) is 3.66. The molecule has 0 atom stereocenters. The Bertz CT molecular complexity index is 3090. The Kier molecular flexibility index (Phi) is 9.05. The van der Waals surface area contributed by atoms with Crippen molar-refractivity contribution < 1.29 is 0 Å². The summed E-state index contributed by atoms with van der Waals surface area (Å²) in [6, 6.07) is 80.4. The van der Waals surface area contributed by atoms with Crippen LogP contribution in [0.3, 0.4) is 0 Å². The fourth-order valence-corrected chi connectivity index (χ4v) is 9.24. The molecule has 0 aliphatic heterocycles. The minimum absolute atomic E-state index is 0.427. The molecule has 0 N–H and O–H groups in total. The quantitative estimate of drug-likeness (QED) is 0.154. The highest BCUT2D eigenvalue weighted by atomic mass is 14.9. The highest BCUT2D eigenvalue weighted by molar-refractivity contribution is 5.95. The van der Waals surface area contributed by atoms with Crippen molar-refractivity contribution >= 4 is 0 Å². The molecule has 1 aliphatic carbocycles. The van der Waals surface area contributed by atoms with Crippen molar-refractivity contribution in [1.82, 2.24) is 15.0 Å². The van der Waals surface area contributed by atoms with Gasteiger partial charge in [0.05, 0.1) is 16.8 Å². The van der Waals surface area contributed by atoms with Gasteiger partial charge in [-0.25, -0.2) is 9.97 Å². The molecule has 286 valence electrons. The monoisotopic (exact) mass is 777 g/mol. The standard InChI is InChI=1S/C58H39N3/c1-4-14-46(15-5-1)57-60-54(38-55(61-57)45-35-29-42(30-36-45)47-16-13-37-59-39-47)44-33-27-41(28-34-44)40-25-31-43(32-26-40)50-22-12-24-53-56(50)51-21-10-11-23-52(51)58(53,48-17-6-2-7-18-48)49-19-8-3-9-20-49/h1-39H. The average molecular weight is 778 g/mol. The van der Waals surface area contributed by atoms with Gasteiger partial charge in [0.2, 0.25) is 0 Å². The zero-order chi connectivity index (χ0) is 40.6. The minimum Gasteiger partial charge on any atom is -0.264 e. The van der Waals surface area contributed by atoms with Gasteiger partial charge in [0.1, 0.15) is 0 Å². The number of pyridine rings is 1. The molecular formula is C58H39N3. The smallest absolute Gasteiger partial charge is 0.160 e. The predicted molar refractivity (Wildman–Crippen MR) is 250 cm³/mol. The van der Waals surface area contributed by atoms with Gasteiger partial charge >= 0.3 is 0 Å². The summed E-state index contributed by atoms with van der Waals surface area (Å²) in [7, 11) is 0. The van der Waals surface area contributed by atoms with E-state index < -0.39 is 5.41 Å². The van der Waals surface area contributed by atoms with Crippen molar-refractivity contribution in [3.05, 3.63) is 259 Å². The summed E-state index contributed by atoms with van der Waals surface area (Å²) in [5.74, 6) is 0.698. The molecule has 10 aromatic rings. The second kappa shape index (κ2) is 15.3. The Balaban J connectivity index is 0.939. The van der Waals surface area contributed by atoms with E-state index in [-0.39, 0.29) is 0 Å². The van der Waals surface area contributed by atoms with E-state index in [2.05, 4.69) is 205 Å². The molecule has 0 amide bonds. The molecule has 1 aliphatic rings. The van der Waals surface area contributed by atoms with Gasteiger partial charge in [-0.3, -0.25) is 4.98 Å². The van der Waals surface area contributed by atoms with Crippen LogP contribution in [0.15, 0.2) is 237 Å². The van der Waals surface area contributed by atoms with Crippen LogP contribution in [-0.2, 0) is 5.41 Å². The van der Waals surface area contributed by atoms with Crippen LogP contribution in [0.1, 0.15) is 22.3 Å². The zero-order valence-corrected chi connectivity index (χ0v) is 33.4. The number of nitrogens with zero attached hydrogens (tertiary/aromatic N) is 3. The van der Waals surface area contributed by atoms with E-state index in [1.54, 1.807) is 6.20 Å². The summed E-state index contributed by atoms with van der Waals surface area (Å²) in [5, 5.41) is 0. The zero-order valence-electron chi connectivity index (χ0n) is 33.4. The van der Waals surface area contributed by atoms with Gasteiger partial charge in [-0.2, -0.15) is 0 Å². The fourth-order valence-electron chi connectivity index (χ4n) is 9.24. The highest BCUT2D eigenvalue weighted by Crippen LogP contribution is 2.58. The molecule has 2 heterocycles. The molecule has 2 aromatic heterocycles. The fraction of sp³-hybridized carbons (Fsp3) is 0.0172. The Morgan fingerprint density at radius 1 is 0.311 bits per heavy atom. The van der Waals surface area contributed by atoms with Crippen LogP contribution in [-0.4, -0.2) is 15.0 Å². The van der Waals surface area contributed by atoms with Gasteiger partial charge in [-0.05, 0) is 78.9 Å². The van der Waals surface area contributed by atoms with Crippen molar-refractivity contribution in [2.24, 2.45) is 0 Å². The maximum absolute atomic E-state index is 5.09. The molecule has 0 radical (unpaired) electrons. The molecule has 0 fully saturated rings. The van der Waals surface area contributed by atoms with E-state index in [1.807, 2.05) is 30.5 Å². The number of hydrogen-bond donors (Lipinski definition) is 0. The maximum Gasteiger partial charge on any atom is 0.160 e.